The summed E-state index contributed by atoms with van der Waals surface area (Å²) in [6, 6.07) is 0. The molecule has 0 saturated carbocycles. The van der Waals surface area contributed by atoms with Crippen molar-refractivity contribution in [2.75, 3.05) is 0 Å². The lowest BCUT2D eigenvalue weighted by atomic mass is 9.81. The summed E-state index contributed by atoms with van der Waals surface area (Å²) in [5, 5.41) is 21.4. The van der Waals surface area contributed by atoms with E-state index in [9.17, 15) is 0 Å². The Hall–Kier alpha value is -0.515. The highest BCUT2D eigenvalue weighted by atomic mass is 35.5. The molecule has 0 aliphatic carbocycles. The smallest absolute Gasteiger partial charge is 0.423 e. The van der Waals surface area contributed by atoms with Crippen LogP contribution in [0, 0.1) is 0 Å². The molecule has 0 bridgehead atoms. The van der Waals surface area contributed by atoms with E-state index in [1.807, 2.05) is 0 Å². The van der Waals surface area contributed by atoms with E-state index < -0.39 is 7.12 Å². The van der Waals surface area contributed by atoms with Crippen LogP contribution in [-0.4, -0.2) is 26.9 Å². The van der Waals surface area contributed by atoms with E-state index in [1.54, 1.807) is 7.05 Å². The number of hydrogen-bond acceptors (Lipinski definition) is 3. The number of aryl methyl sites for hydroxylation is 1. The van der Waals surface area contributed by atoms with E-state index in [4.69, 9.17) is 21.6 Å². The first-order valence-corrected chi connectivity index (χ1v) is 3.63. The molecule has 6 heteroatoms. The summed E-state index contributed by atoms with van der Waals surface area (Å²) >= 11 is 5.54. The second-order valence-corrected chi connectivity index (χ2v) is 2.44. The molecule has 0 spiro atoms. The van der Waals surface area contributed by atoms with Gasteiger partial charge in [0.05, 0.1) is 11.6 Å². The first-order chi connectivity index (χ1) is 5.16. The molecule has 0 unspecified atom stereocenters. The third kappa shape index (κ3) is 1.56. The van der Waals surface area contributed by atoms with Crippen LogP contribution in [0.2, 0.25) is 0 Å². The molecular formula is C5H8BClN2O2. The minimum Gasteiger partial charge on any atom is -0.423 e. The van der Waals surface area contributed by atoms with Crippen molar-refractivity contribution < 1.29 is 10.0 Å². The minimum absolute atomic E-state index is 0.226. The average molecular weight is 174 g/mol. The third-order valence-electron chi connectivity index (χ3n) is 1.50. The first-order valence-electron chi connectivity index (χ1n) is 3.09. The number of nitrogens with zero attached hydrogens (tertiary/aromatic N) is 2. The maximum absolute atomic E-state index is 8.79. The molecule has 1 aromatic heterocycles. The van der Waals surface area contributed by atoms with E-state index in [-0.39, 0.29) is 5.88 Å². The van der Waals surface area contributed by atoms with E-state index >= 15 is 0 Å². The highest BCUT2D eigenvalue weighted by molar-refractivity contribution is 6.59. The Morgan fingerprint density at radius 2 is 2.36 bits per heavy atom. The van der Waals surface area contributed by atoms with Crippen molar-refractivity contribution in [3.05, 3.63) is 11.9 Å². The Labute approximate surface area is 69.6 Å². The van der Waals surface area contributed by atoms with Gasteiger partial charge in [0, 0.05) is 18.7 Å². The summed E-state index contributed by atoms with van der Waals surface area (Å²) in [6.07, 6.45) is 1.39. The van der Waals surface area contributed by atoms with Crippen LogP contribution in [0.4, 0.5) is 0 Å². The molecule has 0 aromatic carbocycles. The largest absolute Gasteiger partial charge is 0.491 e. The quantitative estimate of drug-likeness (QED) is 0.439. The molecule has 0 amide bonds. The molecule has 0 radical (unpaired) electrons. The summed E-state index contributed by atoms with van der Waals surface area (Å²) in [4.78, 5) is 0. The third-order valence-corrected chi connectivity index (χ3v) is 1.75. The standard InChI is InChI=1S/C5H8BClN2O2/c1-9-5(2-7)4(3-8-9)6(10)11/h3,10-11H,2H2,1H3. The van der Waals surface area contributed by atoms with Gasteiger partial charge in [0.2, 0.25) is 0 Å². The van der Waals surface area contributed by atoms with Crippen LogP contribution in [0.15, 0.2) is 6.20 Å². The van der Waals surface area contributed by atoms with Gasteiger partial charge in [-0.15, -0.1) is 11.6 Å². The van der Waals surface area contributed by atoms with E-state index in [0.29, 0.717) is 11.2 Å². The van der Waals surface area contributed by atoms with E-state index in [1.165, 1.54) is 10.9 Å². The molecule has 2 N–H and O–H groups in total. The average Bonchev–Trinajstić information content (AvgIpc) is 2.30. The summed E-state index contributed by atoms with van der Waals surface area (Å²) in [7, 11) is 0.210. The Kier molecular flexibility index (Phi) is 2.54. The lowest BCUT2D eigenvalue weighted by Crippen LogP contribution is -2.31. The molecular weight excluding hydrogens is 166 g/mol. The van der Waals surface area contributed by atoms with Gasteiger partial charge in [0.15, 0.2) is 0 Å². The van der Waals surface area contributed by atoms with Gasteiger partial charge in [-0.2, -0.15) is 5.10 Å². The summed E-state index contributed by atoms with van der Waals surface area (Å²) in [5.74, 6) is 0.226. The van der Waals surface area contributed by atoms with Crippen molar-refractivity contribution in [1.82, 2.24) is 9.78 Å². The van der Waals surface area contributed by atoms with Crippen molar-refractivity contribution >= 4 is 24.2 Å². The molecule has 0 aliphatic heterocycles. The minimum atomic E-state index is -1.49. The molecule has 1 aromatic rings. The van der Waals surface area contributed by atoms with Gasteiger partial charge in [-0.1, -0.05) is 0 Å². The Bertz CT molecular complexity index is 251. The van der Waals surface area contributed by atoms with E-state index in [2.05, 4.69) is 5.10 Å². The van der Waals surface area contributed by atoms with Gasteiger partial charge in [-0.25, -0.2) is 0 Å². The van der Waals surface area contributed by atoms with Crippen LogP contribution in [0.25, 0.3) is 0 Å². The number of halogens is 1. The van der Waals surface area contributed by atoms with Crippen LogP contribution in [0.1, 0.15) is 5.69 Å². The summed E-state index contributed by atoms with van der Waals surface area (Å²) < 4.78 is 1.52. The lowest BCUT2D eigenvalue weighted by molar-refractivity contribution is 0.425. The van der Waals surface area contributed by atoms with E-state index in [0.717, 1.165) is 0 Å². The zero-order valence-electron chi connectivity index (χ0n) is 6.03. The maximum atomic E-state index is 8.79. The summed E-state index contributed by atoms with van der Waals surface area (Å²) in [5.41, 5.74) is 0.990. The molecule has 0 atom stereocenters. The Morgan fingerprint density at radius 3 is 2.73 bits per heavy atom. The number of rotatable bonds is 2. The van der Waals surface area contributed by atoms with Crippen molar-refractivity contribution in [2.45, 2.75) is 5.88 Å². The zero-order chi connectivity index (χ0) is 8.43. The molecule has 0 saturated heterocycles. The van der Waals surface area contributed by atoms with Gasteiger partial charge >= 0.3 is 7.12 Å². The van der Waals surface area contributed by atoms with Crippen molar-refractivity contribution in [3.8, 4) is 0 Å². The lowest BCUT2D eigenvalue weighted by Gasteiger charge is -1.99. The highest BCUT2D eigenvalue weighted by Gasteiger charge is 2.18. The second-order valence-electron chi connectivity index (χ2n) is 2.18. The fourth-order valence-electron chi connectivity index (χ4n) is 0.859. The monoisotopic (exact) mass is 174 g/mol. The molecule has 0 aliphatic rings. The van der Waals surface area contributed by atoms with Crippen molar-refractivity contribution in [2.24, 2.45) is 7.05 Å². The number of aromatic nitrogens is 2. The fourth-order valence-corrected chi connectivity index (χ4v) is 1.19. The molecule has 1 heterocycles. The van der Waals surface area contributed by atoms with Crippen LogP contribution in [0.3, 0.4) is 0 Å². The van der Waals surface area contributed by atoms with Gasteiger partial charge in [0.1, 0.15) is 0 Å². The molecule has 4 nitrogen and oxygen atoms in total. The number of hydrogen-bond donors (Lipinski definition) is 2. The maximum Gasteiger partial charge on any atom is 0.491 e. The second kappa shape index (κ2) is 3.25. The molecule has 60 valence electrons. The zero-order valence-corrected chi connectivity index (χ0v) is 6.78. The fraction of sp³-hybridized carbons (Fsp3) is 0.400. The normalized spacial score (nSPS) is 10.2. The molecule has 0 fully saturated rings. The van der Waals surface area contributed by atoms with Crippen LogP contribution >= 0.6 is 11.6 Å². The predicted molar refractivity (Wildman–Crippen MR) is 42.6 cm³/mol. The van der Waals surface area contributed by atoms with Gasteiger partial charge < -0.3 is 10.0 Å². The van der Waals surface area contributed by atoms with Crippen LogP contribution in [-0.2, 0) is 12.9 Å². The molecule has 11 heavy (non-hydrogen) atoms. The first kappa shape index (κ1) is 8.58. The number of alkyl halides is 1. The van der Waals surface area contributed by atoms with Crippen LogP contribution < -0.4 is 5.46 Å². The topological polar surface area (TPSA) is 58.3 Å². The van der Waals surface area contributed by atoms with Crippen molar-refractivity contribution in [3.63, 3.8) is 0 Å². The van der Waals surface area contributed by atoms with Gasteiger partial charge in [0.25, 0.3) is 0 Å². The van der Waals surface area contributed by atoms with Crippen molar-refractivity contribution in [1.29, 1.82) is 0 Å². The predicted octanol–water partition coefficient (Wildman–Crippen LogP) is -1.16. The molecule has 1 rings (SSSR count). The van der Waals surface area contributed by atoms with Gasteiger partial charge in [-0.05, 0) is 0 Å². The Morgan fingerprint density at radius 1 is 1.73 bits per heavy atom. The Balaban J connectivity index is 3.05. The SMILES string of the molecule is Cn1ncc(B(O)O)c1CCl. The van der Waals surface area contributed by atoms with Crippen LogP contribution in [0.5, 0.6) is 0 Å². The summed E-state index contributed by atoms with van der Waals surface area (Å²) in [6.45, 7) is 0. The highest BCUT2D eigenvalue weighted by Crippen LogP contribution is 1.98. The van der Waals surface area contributed by atoms with Gasteiger partial charge in [-0.3, -0.25) is 4.68 Å².